The Morgan fingerprint density at radius 3 is 2.64 bits per heavy atom. The lowest BCUT2D eigenvalue weighted by Crippen LogP contribution is -2.46. The van der Waals surface area contributed by atoms with Gasteiger partial charge in [-0.05, 0) is 25.0 Å². The van der Waals surface area contributed by atoms with Crippen molar-refractivity contribution in [2.24, 2.45) is 11.7 Å². The Balaban J connectivity index is 2.11. The molecule has 0 bridgehead atoms. The molecule has 1 aliphatic heterocycles. The fourth-order valence-electron chi connectivity index (χ4n) is 2.46. The van der Waals surface area contributed by atoms with E-state index in [4.69, 9.17) is 5.73 Å². The van der Waals surface area contributed by atoms with E-state index >= 15 is 0 Å². The van der Waals surface area contributed by atoms with Crippen molar-refractivity contribution in [2.75, 3.05) is 18.8 Å². The van der Waals surface area contributed by atoms with Crippen LogP contribution in [0.2, 0.25) is 0 Å². The van der Waals surface area contributed by atoms with E-state index in [9.17, 15) is 22.4 Å². The first-order valence-corrected chi connectivity index (χ1v) is 8.51. The molecule has 8 heteroatoms. The van der Waals surface area contributed by atoms with Gasteiger partial charge < -0.3 is 10.6 Å². The average molecular weight is 328 g/mol. The molecule has 2 amide bonds. The van der Waals surface area contributed by atoms with Crippen molar-refractivity contribution >= 4 is 21.7 Å². The van der Waals surface area contributed by atoms with E-state index < -0.39 is 44.0 Å². The standard InChI is InChI=1S/C14H17FN2O4S/c15-11-5-1-2-6-12(11)22(20,21)9-13(18)17-7-3-4-10(8-17)14(16)19/h1-2,5-6,10H,3-4,7-9H2,(H2,16,19)/t10-/m0/s1. The van der Waals surface area contributed by atoms with Crippen LogP contribution in [0.4, 0.5) is 4.39 Å². The summed E-state index contributed by atoms with van der Waals surface area (Å²) >= 11 is 0. The minimum atomic E-state index is -4.06. The van der Waals surface area contributed by atoms with Gasteiger partial charge in [0, 0.05) is 13.1 Å². The summed E-state index contributed by atoms with van der Waals surface area (Å²) in [6, 6.07) is 4.92. The van der Waals surface area contributed by atoms with Crippen LogP contribution in [-0.2, 0) is 19.4 Å². The first-order chi connectivity index (χ1) is 10.3. The summed E-state index contributed by atoms with van der Waals surface area (Å²) in [7, 11) is -4.06. The van der Waals surface area contributed by atoms with Gasteiger partial charge in [-0.2, -0.15) is 0 Å². The number of likely N-dealkylation sites (tertiary alicyclic amines) is 1. The zero-order chi connectivity index (χ0) is 16.3. The van der Waals surface area contributed by atoms with E-state index in [1.54, 1.807) is 0 Å². The number of halogens is 1. The summed E-state index contributed by atoms with van der Waals surface area (Å²) < 4.78 is 37.9. The molecular weight excluding hydrogens is 311 g/mol. The van der Waals surface area contributed by atoms with E-state index in [0.29, 0.717) is 19.4 Å². The molecule has 1 aromatic carbocycles. The highest BCUT2D eigenvalue weighted by atomic mass is 32.2. The van der Waals surface area contributed by atoms with Gasteiger partial charge in [0.25, 0.3) is 0 Å². The number of rotatable bonds is 4. The van der Waals surface area contributed by atoms with Crippen LogP contribution in [0.1, 0.15) is 12.8 Å². The summed E-state index contributed by atoms with van der Waals surface area (Å²) in [6.45, 7) is 0.483. The van der Waals surface area contributed by atoms with Crippen molar-refractivity contribution in [1.29, 1.82) is 0 Å². The summed E-state index contributed by atoms with van der Waals surface area (Å²) in [5.74, 6) is -3.32. The molecule has 0 unspecified atom stereocenters. The molecule has 2 rings (SSSR count). The molecule has 0 radical (unpaired) electrons. The second-order valence-corrected chi connectivity index (χ2v) is 7.23. The van der Waals surface area contributed by atoms with Gasteiger partial charge in [0.2, 0.25) is 11.8 Å². The molecule has 120 valence electrons. The molecular formula is C14H17FN2O4S. The number of hydrogen-bond acceptors (Lipinski definition) is 4. The van der Waals surface area contributed by atoms with Crippen molar-refractivity contribution in [3.05, 3.63) is 30.1 Å². The predicted octanol–water partition coefficient (Wildman–Crippen LogP) is 0.323. The topological polar surface area (TPSA) is 97.5 Å². The molecule has 0 saturated carbocycles. The second kappa shape index (κ2) is 6.43. The minimum absolute atomic E-state index is 0.112. The zero-order valence-electron chi connectivity index (χ0n) is 11.9. The molecule has 1 aromatic rings. The fourth-order valence-corrected chi connectivity index (χ4v) is 3.78. The monoisotopic (exact) mass is 328 g/mol. The molecule has 22 heavy (non-hydrogen) atoms. The van der Waals surface area contributed by atoms with Gasteiger partial charge in [0.15, 0.2) is 9.84 Å². The third-order valence-corrected chi connectivity index (χ3v) is 5.29. The van der Waals surface area contributed by atoms with Crippen LogP contribution >= 0.6 is 0 Å². The Bertz CT molecular complexity index is 690. The van der Waals surface area contributed by atoms with Gasteiger partial charge in [-0.1, -0.05) is 12.1 Å². The van der Waals surface area contributed by atoms with Crippen LogP contribution in [-0.4, -0.2) is 44.0 Å². The Hall–Kier alpha value is -1.96. The van der Waals surface area contributed by atoms with E-state index in [-0.39, 0.29) is 6.54 Å². The summed E-state index contributed by atoms with van der Waals surface area (Å²) in [6.07, 6.45) is 1.16. The van der Waals surface area contributed by atoms with Crippen molar-refractivity contribution in [2.45, 2.75) is 17.7 Å². The van der Waals surface area contributed by atoms with Crippen LogP contribution in [0.5, 0.6) is 0 Å². The van der Waals surface area contributed by atoms with Crippen molar-refractivity contribution in [3.8, 4) is 0 Å². The van der Waals surface area contributed by atoms with E-state index in [1.807, 2.05) is 0 Å². The molecule has 1 heterocycles. The molecule has 1 fully saturated rings. The zero-order valence-corrected chi connectivity index (χ0v) is 12.7. The first-order valence-electron chi connectivity index (χ1n) is 6.85. The summed E-state index contributed by atoms with van der Waals surface area (Å²) in [5.41, 5.74) is 5.22. The third kappa shape index (κ3) is 3.62. The maximum absolute atomic E-state index is 13.6. The molecule has 2 N–H and O–H groups in total. The number of sulfone groups is 1. The Morgan fingerprint density at radius 2 is 2.00 bits per heavy atom. The van der Waals surface area contributed by atoms with Gasteiger partial charge >= 0.3 is 0 Å². The highest BCUT2D eigenvalue weighted by Gasteiger charge is 2.30. The number of amides is 2. The number of nitrogens with zero attached hydrogens (tertiary/aromatic N) is 1. The van der Waals surface area contributed by atoms with Gasteiger partial charge in [-0.15, -0.1) is 0 Å². The van der Waals surface area contributed by atoms with Crippen LogP contribution in [0, 0.1) is 11.7 Å². The molecule has 1 saturated heterocycles. The summed E-state index contributed by atoms with van der Waals surface area (Å²) in [4.78, 5) is 24.1. The van der Waals surface area contributed by atoms with Crippen LogP contribution < -0.4 is 5.73 Å². The average Bonchev–Trinajstić information content (AvgIpc) is 2.47. The molecule has 1 atom stereocenters. The van der Waals surface area contributed by atoms with Crippen LogP contribution in [0.15, 0.2) is 29.2 Å². The van der Waals surface area contributed by atoms with E-state index in [2.05, 4.69) is 0 Å². The van der Waals surface area contributed by atoms with Crippen LogP contribution in [0.3, 0.4) is 0 Å². The maximum Gasteiger partial charge on any atom is 0.238 e. The smallest absolute Gasteiger partial charge is 0.238 e. The SMILES string of the molecule is NC(=O)[C@H]1CCCN(C(=O)CS(=O)(=O)c2ccccc2F)C1. The van der Waals surface area contributed by atoms with Gasteiger partial charge in [-0.25, -0.2) is 12.8 Å². The molecule has 0 aliphatic carbocycles. The van der Waals surface area contributed by atoms with Gasteiger partial charge in [0.1, 0.15) is 16.5 Å². The Labute approximate surface area is 128 Å². The number of nitrogens with two attached hydrogens (primary N) is 1. The van der Waals surface area contributed by atoms with Gasteiger partial charge in [0.05, 0.1) is 5.92 Å². The Morgan fingerprint density at radius 1 is 1.32 bits per heavy atom. The largest absolute Gasteiger partial charge is 0.369 e. The maximum atomic E-state index is 13.6. The number of carbonyl (C=O) groups excluding carboxylic acids is 2. The van der Waals surface area contributed by atoms with Crippen LogP contribution in [0.25, 0.3) is 0 Å². The lowest BCUT2D eigenvalue weighted by molar-refractivity contribution is -0.132. The van der Waals surface area contributed by atoms with Crippen molar-refractivity contribution in [1.82, 2.24) is 4.90 Å². The molecule has 0 aromatic heterocycles. The Kier molecular flexibility index (Phi) is 4.80. The fraction of sp³-hybridized carbons (Fsp3) is 0.429. The molecule has 1 aliphatic rings. The number of primary amides is 1. The van der Waals surface area contributed by atoms with Crippen molar-refractivity contribution in [3.63, 3.8) is 0 Å². The number of carbonyl (C=O) groups is 2. The lowest BCUT2D eigenvalue weighted by atomic mass is 9.97. The molecule has 0 spiro atoms. The minimum Gasteiger partial charge on any atom is -0.369 e. The molecule has 6 nitrogen and oxygen atoms in total. The number of benzene rings is 1. The first kappa shape index (κ1) is 16.4. The highest BCUT2D eigenvalue weighted by molar-refractivity contribution is 7.92. The van der Waals surface area contributed by atoms with Crippen molar-refractivity contribution < 1.29 is 22.4 Å². The summed E-state index contributed by atoms with van der Waals surface area (Å²) in [5, 5.41) is 0. The van der Waals surface area contributed by atoms with E-state index in [0.717, 1.165) is 12.1 Å². The lowest BCUT2D eigenvalue weighted by Gasteiger charge is -2.31. The quantitative estimate of drug-likeness (QED) is 0.861. The van der Waals surface area contributed by atoms with Gasteiger partial charge in [-0.3, -0.25) is 9.59 Å². The number of hydrogen-bond donors (Lipinski definition) is 1. The third-order valence-electron chi connectivity index (χ3n) is 3.66. The highest BCUT2D eigenvalue weighted by Crippen LogP contribution is 2.19. The number of piperidine rings is 1. The second-order valence-electron chi connectivity index (χ2n) is 5.27. The predicted molar refractivity (Wildman–Crippen MR) is 77.0 cm³/mol. The normalized spacial score (nSPS) is 19.0. The van der Waals surface area contributed by atoms with E-state index in [1.165, 1.54) is 17.0 Å².